The molecule has 0 aromatic heterocycles. The molecule has 2 N–H and O–H groups in total. The van der Waals surface area contributed by atoms with Gasteiger partial charge in [0.25, 0.3) is 0 Å². The quantitative estimate of drug-likeness (QED) is 0.807. The van der Waals surface area contributed by atoms with E-state index in [0.29, 0.717) is 6.42 Å². The van der Waals surface area contributed by atoms with E-state index in [9.17, 15) is 9.59 Å². The van der Waals surface area contributed by atoms with Crippen LogP contribution in [0.1, 0.15) is 31.7 Å². The largest absolute Gasteiger partial charge is 0.467 e. The number of amides is 2. The molecule has 1 aliphatic carbocycles. The molecule has 0 aliphatic heterocycles. The molecular formula is C15H20N2O3. The number of ether oxygens (including phenoxy) is 1. The molecule has 108 valence electrons. The van der Waals surface area contributed by atoms with Crippen LogP contribution in [0.4, 0.5) is 4.79 Å². The number of carbonyl (C=O) groups is 2. The molecule has 5 heteroatoms. The number of hydrogen-bond donors (Lipinski definition) is 2. The summed E-state index contributed by atoms with van der Waals surface area (Å²) in [6.07, 6.45) is 2.33. The molecule has 1 aromatic carbocycles. The van der Waals surface area contributed by atoms with Gasteiger partial charge in [0, 0.05) is 0 Å². The Morgan fingerprint density at radius 2 is 1.95 bits per heavy atom. The predicted octanol–water partition coefficient (Wildman–Crippen LogP) is 1.93. The van der Waals surface area contributed by atoms with Gasteiger partial charge in [-0.3, -0.25) is 0 Å². The number of methoxy groups -OCH3 is 1. The number of benzene rings is 1. The highest BCUT2D eigenvalue weighted by molar-refractivity contribution is 5.84. The number of rotatable bonds is 5. The zero-order valence-electron chi connectivity index (χ0n) is 11.8. The molecule has 1 fully saturated rings. The fraction of sp³-hybridized carbons (Fsp3) is 0.467. The van der Waals surface area contributed by atoms with E-state index >= 15 is 0 Å². The van der Waals surface area contributed by atoms with Gasteiger partial charge in [-0.15, -0.1) is 0 Å². The minimum Gasteiger partial charge on any atom is -0.467 e. The average Bonchev–Trinajstić information content (AvgIpc) is 3.25. The molecule has 1 aromatic rings. The van der Waals surface area contributed by atoms with E-state index in [-0.39, 0.29) is 11.6 Å². The van der Waals surface area contributed by atoms with Crippen LogP contribution in [0.15, 0.2) is 30.3 Å². The molecular weight excluding hydrogens is 256 g/mol. The maximum absolute atomic E-state index is 12.0. The van der Waals surface area contributed by atoms with E-state index in [1.807, 2.05) is 37.3 Å². The van der Waals surface area contributed by atoms with Crippen molar-refractivity contribution in [2.75, 3.05) is 7.11 Å². The molecule has 0 bridgehead atoms. The molecule has 1 atom stereocenters. The first-order valence-corrected chi connectivity index (χ1v) is 6.83. The molecule has 1 saturated carbocycles. The van der Waals surface area contributed by atoms with Crippen LogP contribution in [0.25, 0.3) is 0 Å². The summed E-state index contributed by atoms with van der Waals surface area (Å²) in [5.41, 5.74) is 0.820. The molecule has 2 rings (SSSR count). The summed E-state index contributed by atoms with van der Waals surface area (Å²) in [5, 5.41) is 5.63. The van der Waals surface area contributed by atoms with Crippen molar-refractivity contribution in [1.29, 1.82) is 0 Å². The van der Waals surface area contributed by atoms with Crippen LogP contribution < -0.4 is 10.6 Å². The number of hydrogen-bond acceptors (Lipinski definition) is 3. The SMILES string of the molecule is CCC(NC(=O)NC1(c2ccccc2)CC1)C(=O)OC. The Labute approximate surface area is 118 Å². The Morgan fingerprint density at radius 3 is 2.45 bits per heavy atom. The van der Waals surface area contributed by atoms with Crippen LogP contribution in [0.2, 0.25) is 0 Å². The first kappa shape index (κ1) is 14.4. The number of nitrogens with one attached hydrogen (secondary N) is 2. The normalized spacial score (nSPS) is 16.9. The second-order valence-corrected chi connectivity index (χ2v) is 5.03. The van der Waals surface area contributed by atoms with Gasteiger partial charge in [-0.05, 0) is 24.8 Å². The summed E-state index contributed by atoms with van der Waals surface area (Å²) in [6.45, 7) is 1.83. The Morgan fingerprint density at radius 1 is 1.30 bits per heavy atom. The highest BCUT2D eigenvalue weighted by Gasteiger charge is 2.45. The van der Waals surface area contributed by atoms with Crippen molar-refractivity contribution in [1.82, 2.24) is 10.6 Å². The van der Waals surface area contributed by atoms with Crippen molar-refractivity contribution in [3.8, 4) is 0 Å². The van der Waals surface area contributed by atoms with Gasteiger partial charge >= 0.3 is 12.0 Å². The fourth-order valence-electron chi connectivity index (χ4n) is 2.25. The monoisotopic (exact) mass is 276 g/mol. The summed E-state index contributed by atoms with van der Waals surface area (Å²) < 4.78 is 4.65. The zero-order chi connectivity index (χ0) is 14.6. The summed E-state index contributed by atoms with van der Waals surface area (Å²) >= 11 is 0. The molecule has 0 spiro atoms. The summed E-state index contributed by atoms with van der Waals surface area (Å²) in [6, 6.07) is 8.94. The van der Waals surface area contributed by atoms with Gasteiger partial charge in [-0.2, -0.15) is 0 Å². The van der Waals surface area contributed by atoms with Gasteiger partial charge in [0.2, 0.25) is 0 Å². The smallest absolute Gasteiger partial charge is 0.328 e. The van der Waals surface area contributed by atoms with E-state index < -0.39 is 12.0 Å². The van der Waals surface area contributed by atoms with Crippen LogP contribution >= 0.6 is 0 Å². The second kappa shape index (κ2) is 5.94. The van der Waals surface area contributed by atoms with Crippen LogP contribution in [-0.2, 0) is 15.1 Å². The molecule has 20 heavy (non-hydrogen) atoms. The third-order valence-electron chi connectivity index (χ3n) is 3.63. The van der Waals surface area contributed by atoms with Gasteiger partial charge < -0.3 is 15.4 Å². The highest BCUT2D eigenvalue weighted by Crippen LogP contribution is 2.45. The topological polar surface area (TPSA) is 67.4 Å². The van der Waals surface area contributed by atoms with Gasteiger partial charge in [-0.1, -0.05) is 37.3 Å². The van der Waals surface area contributed by atoms with Gasteiger partial charge in [0.05, 0.1) is 12.6 Å². The lowest BCUT2D eigenvalue weighted by atomic mass is 10.1. The molecule has 5 nitrogen and oxygen atoms in total. The van der Waals surface area contributed by atoms with E-state index in [0.717, 1.165) is 18.4 Å². The lowest BCUT2D eigenvalue weighted by Crippen LogP contribution is -2.49. The summed E-state index contributed by atoms with van der Waals surface area (Å²) in [4.78, 5) is 23.5. The third-order valence-corrected chi connectivity index (χ3v) is 3.63. The van der Waals surface area contributed by atoms with E-state index in [1.165, 1.54) is 7.11 Å². The predicted molar refractivity (Wildman–Crippen MR) is 75.1 cm³/mol. The van der Waals surface area contributed by atoms with Gasteiger partial charge in [0.1, 0.15) is 6.04 Å². The minimum absolute atomic E-state index is 0.278. The van der Waals surface area contributed by atoms with Gasteiger partial charge in [-0.25, -0.2) is 9.59 Å². The first-order chi connectivity index (χ1) is 9.61. The van der Waals surface area contributed by atoms with Crippen molar-refractivity contribution >= 4 is 12.0 Å². The molecule has 2 amide bonds. The lowest BCUT2D eigenvalue weighted by Gasteiger charge is -2.21. The minimum atomic E-state index is -0.605. The van der Waals surface area contributed by atoms with Crippen molar-refractivity contribution in [2.24, 2.45) is 0 Å². The third kappa shape index (κ3) is 3.10. The van der Waals surface area contributed by atoms with Crippen LogP contribution in [-0.4, -0.2) is 25.2 Å². The first-order valence-electron chi connectivity index (χ1n) is 6.83. The second-order valence-electron chi connectivity index (χ2n) is 5.03. The highest BCUT2D eigenvalue weighted by atomic mass is 16.5. The maximum Gasteiger partial charge on any atom is 0.328 e. The molecule has 0 saturated heterocycles. The number of urea groups is 1. The van der Waals surface area contributed by atoms with Crippen molar-refractivity contribution in [3.63, 3.8) is 0 Å². The zero-order valence-corrected chi connectivity index (χ0v) is 11.8. The van der Waals surface area contributed by atoms with Crippen molar-refractivity contribution < 1.29 is 14.3 Å². The number of carbonyl (C=O) groups excluding carboxylic acids is 2. The molecule has 0 heterocycles. The summed E-state index contributed by atoms with van der Waals surface area (Å²) in [5.74, 6) is -0.424. The van der Waals surface area contributed by atoms with Crippen LogP contribution in [0.3, 0.4) is 0 Å². The fourth-order valence-corrected chi connectivity index (χ4v) is 2.25. The Balaban J connectivity index is 1.97. The molecule has 0 radical (unpaired) electrons. The molecule has 1 unspecified atom stereocenters. The Kier molecular flexibility index (Phi) is 4.27. The van der Waals surface area contributed by atoms with Crippen molar-refractivity contribution in [2.45, 2.75) is 37.8 Å². The maximum atomic E-state index is 12.0. The van der Waals surface area contributed by atoms with E-state index in [2.05, 4.69) is 15.4 Å². The Bertz CT molecular complexity index is 483. The average molecular weight is 276 g/mol. The lowest BCUT2D eigenvalue weighted by molar-refractivity contribution is -0.142. The van der Waals surface area contributed by atoms with Crippen LogP contribution in [0.5, 0.6) is 0 Å². The summed E-state index contributed by atoms with van der Waals surface area (Å²) in [7, 11) is 1.32. The van der Waals surface area contributed by atoms with Gasteiger partial charge in [0.15, 0.2) is 0 Å². The number of esters is 1. The molecule has 1 aliphatic rings. The van der Waals surface area contributed by atoms with E-state index in [1.54, 1.807) is 0 Å². The van der Waals surface area contributed by atoms with Crippen LogP contribution in [0, 0.1) is 0 Å². The van der Waals surface area contributed by atoms with Crippen molar-refractivity contribution in [3.05, 3.63) is 35.9 Å². The van der Waals surface area contributed by atoms with E-state index in [4.69, 9.17) is 0 Å². The standard InChI is InChI=1S/C15H20N2O3/c1-3-12(13(18)20-2)16-14(19)17-15(9-10-15)11-7-5-4-6-8-11/h4-8,12H,3,9-10H2,1-2H3,(H2,16,17,19). The Hall–Kier alpha value is -2.04.